The van der Waals surface area contributed by atoms with Gasteiger partial charge in [0.1, 0.15) is 5.75 Å². The Morgan fingerprint density at radius 3 is 2.56 bits per heavy atom. The molecular formula is C16H12O2. The first-order chi connectivity index (χ1) is 8.85. The van der Waals surface area contributed by atoms with Gasteiger partial charge >= 0.3 is 0 Å². The van der Waals surface area contributed by atoms with E-state index in [4.69, 9.17) is 4.74 Å². The molecule has 2 heteroatoms. The van der Waals surface area contributed by atoms with E-state index in [9.17, 15) is 4.79 Å². The van der Waals surface area contributed by atoms with Gasteiger partial charge in [0.15, 0.2) is 0 Å². The zero-order chi connectivity index (χ0) is 12.2. The highest BCUT2D eigenvalue weighted by molar-refractivity contribution is 5.83. The summed E-state index contributed by atoms with van der Waals surface area (Å²) in [5, 5.41) is 0. The molecule has 0 N–H and O–H groups in total. The summed E-state index contributed by atoms with van der Waals surface area (Å²) in [4.78, 5) is 10.4. The van der Waals surface area contributed by atoms with Crippen molar-refractivity contribution in [1.29, 1.82) is 0 Å². The Balaban J connectivity index is 1.97. The number of hydrogen-bond acceptors (Lipinski definition) is 2. The van der Waals surface area contributed by atoms with Crippen LogP contribution in [0.3, 0.4) is 0 Å². The van der Waals surface area contributed by atoms with E-state index in [1.807, 2.05) is 12.1 Å². The normalized spacial score (nSPS) is 17.1. The smallest absolute Gasteiger partial charge is 0.298 e. The Kier molecular flexibility index (Phi) is 1.77. The van der Waals surface area contributed by atoms with E-state index in [1.54, 1.807) is 0 Å². The fourth-order valence-electron chi connectivity index (χ4n) is 3.23. The van der Waals surface area contributed by atoms with E-state index in [0.29, 0.717) is 12.2 Å². The van der Waals surface area contributed by atoms with Crippen LogP contribution in [0.5, 0.6) is 5.75 Å². The van der Waals surface area contributed by atoms with Gasteiger partial charge in [-0.2, -0.15) is 0 Å². The molecule has 0 unspecified atom stereocenters. The summed E-state index contributed by atoms with van der Waals surface area (Å²) in [6, 6.07) is 14.6. The van der Waals surface area contributed by atoms with Gasteiger partial charge in [0.05, 0.1) is 0 Å². The summed E-state index contributed by atoms with van der Waals surface area (Å²) >= 11 is 0. The monoisotopic (exact) mass is 236 g/mol. The quantitative estimate of drug-likeness (QED) is 0.748. The molecule has 0 aromatic heterocycles. The summed E-state index contributed by atoms with van der Waals surface area (Å²) in [5.74, 6) is 0.642. The van der Waals surface area contributed by atoms with Crippen LogP contribution < -0.4 is 4.74 Å². The molecule has 0 bridgehead atoms. The van der Waals surface area contributed by atoms with Gasteiger partial charge in [0, 0.05) is 5.41 Å². The van der Waals surface area contributed by atoms with Gasteiger partial charge in [-0.15, -0.1) is 0 Å². The first-order valence-corrected chi connectivity index (χ1v) is 6.20. The standard InChI is InChI=1S/C16H12O2/c17-10-18-11-5-6-13-12-3-1-2-4-14(12)16(7-8-16)15(13)9-11/h1-6,9-10H,7-8H2. The van der Waals surface area contributed by atoms with Crippen molar-refractivity contribution in [3.05, 3.63) is 53.6 Å². The maximum atomic E-state index is 10.4. The second-order valence-corrected chi connectivity index (χ2v) is 5.05. The highest BCUT2D eigenvalue weighted by Gasteiger charge is 2.52. The van der Waals surface area contributed by atoms with Crippen molar-refractivity contribution in [3.63, 3.8) is 0 Å². The van der Waals surface area contributed by atoms with Gasteiger partial charge in [0.2, 0.25) is 0 Å². The molecule has 0 atom stereocenters. The average molecular weight is 236 g/mol. The van der Waals surface area contributed by atoms with Crippen molar-refractivity contribution >= 4 is 6.47 Å². The van der Waals surface area contributed by atoms with Crippen LogP contribution in [0.4, 0.5) is 0 Å². The molecule has 4 rings (SSSR count). The minimum Gasteiger partial charge on any atom is -0.429 e. The van der Waals surface area contributed by atoms with E-state index in [1.165, 1.54) is 35.1 Å². The second kappa shape index (κ2) is 3.22. The molecule has 2 aromatic carbocycles. The average Bonchev–Trinajstić information content (AvgIpc) is 3.15. The summed E-state index contributed by atoms with van der Waals surface area (Å²) < 4.78 is 4.97. The molecule has 1 saturated carbocycles. The SMILES string of the molecule is O=COc1ccc2c(c1)C1(CC1)c1ccccc1-2. The third-order valence-electron chi connectivity index (χ3n) is 4.17. The minimum absolute atomic E-state index is 0.203. The molecule has 1 spiro atoms. The van der Waals surface area contributed by atoms with Crippen LogP contribution in [0.25, 0.3) is 11.1 Å². The van der Waals surface area contributed by atoms with Gasteiger partial charge in [-0.1, -0.05) is 30.3 Å². The van der Waals surface area contributed by atoms with Crippen LogP contribution in [0.2, 0.25) is 0 Å². The zero-order valence-electron chi connectivity index (χ0n) is 9.85. The summed E-state index contributed by atoms with van der Waals surface area (Å²) in [5.41, 5.74) is 5.59. The molecule has 88 valence electrons. The van der Waals surface area contributed by atoms with Crippen molar-refractivity contribution in [2.75, 3.05) is 0 Å². The lowest BCUT2D eigenvalue weighted by molar-refractivity contribution is -0.120. The van der Waals surface area contributed by atoms with Crippen LogP contribution >= 0.6 is 0 Å². The molecule has 0 saturated heterocycles. The van der Waals surface area contributed by atoms with Gasteiger partial charge in [-0.05, 0) is 47.2 Å². The van der Waals surface area contributed by atoms with Crippen molar-refractivity contribution in [3.8, 4) is 16.9 Å². The Hall–Kier alpha value is -2.09. The van der Waals surface area contributed by atoms with Gasteiger partial charge in [-0.3, -0.25) is 4.79 Å². The molecule has 2 aliphatic carbocycles. The van der Waals surface area contributed by atoms with Crippen molar-refractivity contribution in [2.45, 2.75) is 18.3 Å². The lowest BCUT2D eigenvalue weighted by Crippen LogP contribution is -2.03. The van der Waals surface area contributed by atoms with E-state index in [2.05, 4.69) is 30.3 Å². The van der Waals surface area contributed by atoms with E-state index < -0.39 is 0 Å². The lowest BCUT2D eigenvalue weighted by atomic mass is 9.94. The number of rotatable bonds is 2. The largest absolute Gasteiger partial charge is 0.429 e. The van der Waals surface area contributed by atoms with Gasteiger partial charge in [0.25, 0.3) is 6.47 Å². The molecule has 0 heterocycles. The Morgan fingerprint density at radius 2 is 1.78 bits per heavy atom. The maximum absolute atomic E-state index is 10.4. The van der Waals surface area contributed by atoms with Crippen molar-refractivity contribution < 1.29 is 9.53 Å². The fourth-order valence-corrected chi connectivity index (χ4v) is 3.23. The predicted octanol–water partition coefficient (Wildman–Crippen LogP) is 3.28. The van der Waals surface area contributed by atoms with E-state index in [-0.39, 0.29) is 5.41 Å². The minimum atomic E-state index is 0.203. The van der Waals surface area contributed by atoms with Crippen LogP contribution in [-0.2, 0) is 10.2 Å². The highest BCUT2D eigenvalue weighted by atomic mass is 16.5. The zero-order valence-corrected chi connectivity index (χ0v) is 9.85. The maximum Gasteiger partial charge on any atom is 0.298 e. The molecule has 1 fully saturated rings. The molecule has 2 aromatic rings. The lowest BCUT2D eigenvalue weighted by Gasteiger charge is -2.10. The highest BCUT2D eigenvalue weighted by Crippen LogP contribution is 2.62. The first-order valence-electron chi connectivity index (χ1n) is 6.20. The van der Waals surface area contributed by atoms with Crippen LogP contribution in [0.15, 0.2) is 42.5 Å². The van der Waals surface area contributed by atoms with Crippen molar-refractivity contribution in [1.82, 2.24) is 0 Å². The van der Waals surface area contributed by atoms with Crippen LogP contribution in [-0.4, -0.2) is 6.47 Å². The summed E-state index contributed by atoms with van der Waals surface area (Å²) in [7, 11) is 0. The molecule has 0 aliphatic heterocycles. The number of ether oxygens (including phenoxy) is 1. The predicted molar refractivity (Wildman–Crippen MR) is 68.6 cm³/mol. The third kappa shape index (κ3) is 1.10. The topological polar surface area (TPSA) is 26.3 Å². The van der Waals surface area contributed by atoms with E-state index in [0.717, 1.165) is 0 Å². The van der Waals surface area contributed by atoms with Crippen LogP contribution in [0.1, 0.15) is 24.0 Å². The molecule has 2 nitrogen and oxygen atoms in total. The fraction of sp³-hybridized carbons (Fsp3) is 0.188. The number of hydrogen-bond donors (Lipinski definition) is 0. The molecule has 2 aliphatic rings. The second-order valence-electron chi connectivity index (χ2n) is 5.05. The number of carbonyl (C=O) groups excluding carboxylic acids is 1. The molecule has 18 heavy (non-hydrogen) atoms. The van der Waals surface area contributed by atoms with Crippen LogP contribution in [0, 0.1) is 0 Å². The number of benzene rings is 2. The van der Waals surface area contributed by atoms with Gasteiger partial charge in [-0.25, -0.2) is 0 Å². The van der Waals surface area contributed by atoms with Gasteiger partial charge < -0.3 is 4.74 Å². The summed E-state index contributed by atoms with van der Waals surface area (Å²) in [6.07, 6.45) is 2.39. The Labute approximate surface area is 105 Å². The third-order valence-corrected chi connectivity index (χ3v) is 4.17. The molecule has 0 radical (unpaired) electrons. The number of carbonyl (C=O) groups is 1. The van der Waals surface area contributed by atoms with E-state index >= 15 is 0 Å². The molecular weight excluding hydrogens is 224 g/mol. The summed E-state index contributed by atoms with van der Waals surface area (Å²) in [6.45, 7) is 0.489. The Morgan fingerprint density at radius 1 is 1.00 bits per heavy atom. The number of fused-ring (bicyclic) bond motifs is 5. The molecule has 0 amide bonds. The Bertz CT molecular complexity index is 654. The first kappa shape index (κ1) is 9.89. The van der Waals surface area contributed by atoms with Crippen molar-refractivity contribution in [2.24, 2.45) is 0 Å².